The molecule has 1 aliphatic carbocycles. The molecule has 1 aliphatic rings. The first-order valence-electron chi connectivity index (χ1n) is 5.98. The lowest BCUT2D eigenvalue weighted by atomic mass is 10.0. The molecule has 0 spiro atoms. The zero-order chi connectivity index (χ0) is 11.4. The molecule has 1 N–H and O–H groups in total. The Balaban J connectivity index is 2.17. The maximum absolute atomic E-state index is 5.33. The molecule has 0 aromatic carbocycles. The largest absolute Gasteiger partial charge is 0.457 e. The third-order valence-electron chi connectivity index (χ3n) is 3.00. The van der Waals surface area contributed by atoms with Gasteiger partial charge in [-0.2, -0.15) is 0 Å². The van der Waals surface area contributed by atoms with E-state index in [4.69, 9.17) is 4.42 Å². The smallest absolute Gasteiger partial charge is 0.174 e. The number of nitrogens with one attached hydrogen (secondary N) is 1. The molecule has 16 heavy (non-hydrogen) atoms. The molecule has 1 aromatic rings. The average molecular weight is 284 g/mol. The van der Waals surface area contributed by atoms with E-state index in [1.807, 2.05) is 0 Å². The fourth-order valence-electron chi connectivity index (χ4n) is 2.20. The van der Waals surface area contributed by atoms with Crippen molar-refractivity contribution in [2.75, 3.05) is 6.54 Å². The maximum atomic E-state index is 5.33. The van der Waals surface area contributed by atoms with Gasteiger partial charge in [0.2, 0.25) is 0 Å². The molecular formula is C13H18BrNO. The fourth-order valence-corrected chi connectivity index (χ4v) is 2.67. The van der Waals surface area contributed by atoms with E-state index in [1.54, 1.807) is 6.26 Å². The zero-order valence-electron chi connectivity index (χ0n) is 9.63. The van der Waals surface area contributed by atoms with Gasteiger partial charge in [-0.05, 0) is 54.2 Å². The Bertz CT molecular complexity index is 370. The van der Waals surface area contributed by atoms with E-state index in [9.17, 15) is 0 Å². The van der Waals surface area contributed by atoms with Crippen LogP contribution < -0.4 is 5.32 Å². The van der Waals surface area contributed by atoms with E-state index < -0.39 is 0 Å². The van der Waals surface area contributed by atoms with Crippen molar-refractivity contribution in [2.45, 2.75) is 38.6 Å². The number of halogens is 1. The van der Waals surface area contributed by atoms with Crippen LogP contribution in [0.2, 0.25) is 0 Å². The molecule has 1 aromatic heterocycles. The van der Waals surface area contributed by atoms with Crippen LogP contribution in [0, 0.1) is 0 Å². The molecule has 1 unspecified atom stereocenters. The van der Waals surface area contributed by atoms with Crippen molar-refractivity contribution in [3.63, 3.8) is 0 Å². The van der Waals surface area contributed by atoms with E-state index in [2.05, 4.69) is 40.3 Å². The Morgan fingerprint density at radius 3 is 3.00 bits per heavy atom. The maximum Gasteiger partial charge on any atom is 0.174 e. The van der Waals surface area contributed by atoms with Gasteiger partial charge >= 0.3 is 0 Å². The molecule has 0 aliphatic heterocycles. The number of rotatable bonds is 5. The molecule has 0 amide bonds. The molecule has 0 saturated heterocycles. The number of hydrogen-bond acceptors (Lipinski definition) is 2. The standard InChI is InChI=1S/C13H18BrNO/c1-2-8-15-12(10-5-3-4-6-10)11-7-9-16-13(11)14/h5,7,9,12,15H,2-4,6,8H2,1H3. The summed E-state index contributed by atoms with van der Waals surface area (Å²) < 4.78 is 6.19. The van der Waals surface area contributed by atoms with Crippen LogP contribution in [0.15, 0.2) is 33.1 Å². The third-order valence-corrected chi connectivity index (χ3v) is 3.65. The summed E-state index contributed by atoms with van der Waals surface area (Å²) in [6, 6.07) is 2.38. The van der Waals surface area contributed by atoms with Crippen molar-refractivity contribution in [3.8, 4) is 0 Å². The zero-order valence-corrected chi connectivity index (χ0v) is 11.2. The quantitative estimate of drug-likeness (QED) is 0.820. The van der Waals surface area contributed by atoms with E-state index in [0.29, 0.717) is 6.04 Å². The van der Waals surface area contributed by atoms with Crippen molar-refractivity contribution in [1.29, 1.82) is 0 Å². The molecule has 0 radical (unpaired) electrons. The minimum Gasteiger partial charge on any atom is -0.457 e. The highest BCUT2D eigenvalue weighted by molar-refractivity contribution is 9.10. The SMILES string of the molecule is CCCNC(C1=CCCC1)c1ccoc1Br. The van der Waals surface area contributed by atoms with Crippen molar-refractivity contribution in [3.05, 3.63) is 34.2 Å². The topological polar surface area (TPSA) is 25.2 Å². The molecule has 0 bridgehead atoms. The van der Waals surface area contributed by atoms with Gasteiger partial charge in [-0.3, -0.25) is 0 Å². The molecule has 3 heteroatoms. The van der Waals surface area contributed by atoms with Gasteiger partial charge in [0.05, 0.1) is 12.3 Å². The summed E-state index contributed by atoms with van der Waals surface area (Å²) in [4.78, 5) is 0. The Morgan fingerprint density at radius 2 is 2.44 bits per heavy atom. The van der Waals surface area contributed by atoms with Crippen LogP contribution in [0.1, 0.15) is 44.2 Å². The van der Waals surface area contributed by atoms with E-state index in [1.165, 1.54) is 30.4 Å². The highest BCUT2D eigenvalue weighted by Crippen LogP contribution is 2.34. The summed E-state index contributed by atoms with van der Waals surface area (Å²) in [5.74, 6) is 0. The van der Waals surface area contributed by atoms with Gasteiger partial charge in [0.1, 0.15) is 0 Å². The molecule has 0 fully saturated rings. The predicted octanol–water partition coefficient (Wildman–Crippen LogP) is 4.19. The van der Waals surface area contributed by atoms with Crippen LogP contribution >= 0.6 is 15.9 Å². The first-order chi connectivity index (χ1) is 7.83. The lowest BCUT2D eigenvalue weighted by molar-refractivity contribution is 0.519. The van der Waals surface area contributed by atoms with E-state index >= 15 is 0 Å². The number of hydrogen-bond donors (Lipinski definition) is 1. The Kier molecular flexibility index (Phi) is 4.24. The van der Waals surface area contributed by atoms with Crippen LogP contribution in [-0.2, 0) is 0 Å². The third kappa shape index (κ3) is 2.58. The minimum atomic E-state index is 0.329. The Morgan fingerprint density at radius 1 is 1.56 bits per heavy atom. The first-order valence-corrected chi connectivity index (χ1v) is 6.77. The van der Waals surface area contributed by atoms with Crippen LogP contribution in [0.25, 0.3) is 0 Å². The highest BCUT2D eigenvalue weighted by atomic mass is 79.9. The second kappa shape index (κ2) is 5.69. The molecular weight excluding hydrogens is 266 g/mol. The van der Waals surface area contributed by atoms with Gasteiger partial charge in [-0.15, -0.1) is 0 Å². The molecule has 1 heterocycles. The minimum absolute atomic E-state index is 0.329. The fraction of sp³-hybridized carbons (Fsp3) is 0.538. The molecule has 1 atom stereocenters. The lowest BCUT2D eigenvalue weighted by Crippen LogP contribution is -2.23. The second-order valence-corrected chi connectivity index (χ2v) is 4.93. The molecule has 2 rings (SSSR count). The average Bonchev–Trinajstić information content (AvgIpc) is 2.91. The summed E-state index contributed by atoms with van der Waals surface area (Å²) in [7, 11) is 0. The molecule has 0 saturated carbocycles. The van der Waals surface area contributed by atoms with Gasteiger partial charge in [0, 0.05) is 5.56 Å². The second-order valence-electron chi connectivity index (χ2n) is 4.21. The number of furan rings is 1. The highest BCUT2D eigenvalue weighted by Gasteiger charge is 2.21. The normalized spacial score (nSPS) is 17.5. The van der Waals surface area contributed by atoms with E-state index in [0.717, 1.165) is 17.6 Å². The predicted molar refractivity (Wildman–Crippen MR) is 69.4 cm³/mol. The van der Waals surface area contributed by atoms with Crippen molar-refractivity contribution in [2.24, 2.45) is 0 Å². The van der Waals surface area contributed by atoms with Crippen molar-refractivity contribution >= 4 is 15.9 Å². The summed E-state index contributed by atoms with van der Waals surface area (Å²) in [6.45, 7) is 3.23. The van der Waals surface area contributed by atoms with Crippen LogP contribution in [0.4, 0.5) is 0 Å². The summed E-state index contributed by atoms with van der Waals surface area (Å²) in [6.07, 6.45) is 8.98. The molecule has 2 nitrogen and oxygen atoms in total. The van der Waals surface area contributed by atoms with Gasteiger partial charge < -0.3 is 9.73 Å². The van der Waals surface area contributed by atoms with Crippen molar-refractivity contribution < 1.29 is 4.42 Å². The molecule has 88 valence electrons. The van der Waals surface area contributed by atoms with Gasteiger partial charge in [-0.25, -0.2) is 0 Å². The lowest BCUT2D eigenvalue weighted by Gasteiger charge is -2.19. The summed E-state index contributed by atoms with van der Waals surface area (Å²) in [5, 5.41) is 3.60. The van der Waals surface area contributed by atoms with Crippen LogP contribution in [-0.4, -0.2) is 6.54 Å². The Hall–Kier alpha value is -0.540. The van der Waals surface area contributed by atoms with Gasteiger partial charge in [0.15, 0.2) is 4.67 Å². The number of allylic oxidation sites excluding steroid dienone is 1. The van der Waals surface area contributed by atoms with Crippen molar-refractivity contribution in [1.82, 2.24) is 5.32 Å². The van der Waals surface area contributed by atoms with Crippen LogP contribution in [0.5, 0.6) is 0 Å². The van der Waals surface area contributed by atoms with E-state index in [-0.39, 0.29) is 0 Å². The first kappa shape index (κ1) is 11.9. The van der Waals surface area contributed by atoms with Gasteiger partial charge in [-0.1, -0.05) is 18.6 Å². The monoisotopic (exact) mass is 283 g/mol. The van der Waals surface area contributed by atoms with Crippen LogP contribution in [0.3, 0.4) is 0 Å². The summed E-state index contributed by atoms with van der Waals surface area (Å²) in [5.41, 5.74) is 2.73. The summed E-state index contributed by atoms with van der Waals surface area (Å²) >= 11 is 3.47. The van der Waals surface area contributed by atoms with Gasteiger partial charge in [0.25, 0.3) is 0 Å². The Labute approximate surface area is 105 Å².